The minimum absolute atomic E-state index is 0.0136. The van der Waals surface area contributed by atoms with E-state index < -0.39 is 56.5 Å². The van der Waals surface area contributed by atoms with Crippen LogP contribution in [0, 0.1) is 0 Å². The predicted molar refractivity (Wildman–Crippen MR) is 189 cm³/mol. The summed E-state index contributed by atoms with van der Waals surface area (Å²) in [5.74, 6) is 0. The Morgan fingerprint density at radius 2 is 0.553 bits per heavy atom. The van der Waals surface area contributed by atoms with Crippen molar-refractivity contribution in [1.82, 2.24) is 0 Å². The molecule has 0 heterocycles. The van der Waals surface area contributed by atoms with Gasteiger partial charge < -0.3 is 0 Å². The van der Waals surface area contributed by atoms with E-state index in [4.69, 9.17) is 0 Å². The van der Waals surface area contributed by atoms with E-state index in [9.17, 15) is 0 Å². The molecule has 0 saturated heterocycles. The van der Waals surface area contributed by atoms with Crippen LogP contribution in [0.1, 0.15) is 0 Å². The van der Waals surface area contributed by atoms with Gasteiger partial charge in [0.1, 0.15) is 0 Å². The molecule has 0 amide bonds. The summed E-state index contributed by atoms with van der Waals surface area (Å²) in [6.45, 7) is 20.8. The molecule has 198 valence electrons. The van der Waals surface area contributed by atoms with Gasteiger partial charge in [0.25, 0.3) is 0 Å². The zero-order valence-corrected chi connectivity index (χ0v) is 35.3. The second-order valence-electron chi connectivity index (χ2n) is 11.2. The Morgan fingerprint density at radius 1 is 0.368 bits per heavy atom. The van der Waals surface area contributed by atoms with Gasteiger partial charge in [-0.2, -0.15) is 0 Å². The summed E-state index contributed by atoms with van der Waals surface area (Å²) in [5.41, 5.74) is 0. The molecule has 0 aliphatic carbocycles. The molecule has 0 aromatic heterocycles. The average molecular weight is 780 g/mol. The molecular formula is C32H46Si4Sn2. The van der Waals surface area contributed by atoms with Crippen LogP contribution >= 0.6 is 0 Å². The fraction of sp³-hybridized carbons (Fsp3) is 0.250. The summed E-state index contributed by atoms with van der Waals surface area (Å²) >= 11 is -1.40. The van der Waals surface area contributed by atoms with E-state index in [1.54, 1.807) is 14.3 Å². The first-order valence-corrected chi connectivity index (χ1v) is 34.1. The molecule has 0 unspecified atom stereocenters. The molecule has 0 fully saturated rings. The second kappa shape index (κ2) is 17.2. The van der Waals surface area contributed by atoms with Crippen LogP contribution in [-0.4, -0.2) is 73.1 Å². The SMILES string of the molecule is C[Si](C)[Si](C)(C)[Si](C)(C)[Si](C)C.c1cc[c]([SnH][c]2ccccc2)cc1.c1cc[c]([SnH][c]2ccccc2)cc1. The number of rotatable bonds is 7. The molecule has 0 nitrogen and oxygen atoms in total. The Hall–Kier alpha value is -0.655. The Labute approximate surface area is 258 Å². The fourth-order valence-electron chi connectivity index (χ4n) is 3.83. The molecule has 0 atom stereocenters. The molecule has 4 aromatic rings. The molecule has 4 aromatic carbocycles. The molecule has 0 bridgehead atoms. The molecule has 0 aliphatic heterocycles. The molecule has 0 spiro atoms. The molecular weight excluding hydrogens is 734 g/mol. The van der Waals surface area contributed by atoms with E-state index >= 15 is 0 Å². The van der Waals surface area contributed by atoms with E-state index in [2.05, 4.69) is 174 Å². The van der Waals surface area contributed by atoms with Crippen molar-refractivity contribution < 1.29 is 0 Å². The molecule has 4 radical (unpaired) electrons. The third-order valence-electron chi connectivity index (χ3n) is 7.93. The number of hydrogen-bond donors (Lipinski definition) is 0. The van der Waals surface area contributed by atoms with Crippen molar-refractivity contribution in [3.63, 3.8) is 0 Å². The molecule has 0 saturated carbocycles. The van der Waals surface area contributed by atoms with Crippen LogP contribution in [0.15, 0.2) is 121 Å². The standard InChI is InChI=1S/C8H24Si4.4C6H5.2Sn.2H/c1-9(2)11(5,6)12(7,8)10(3)4;4*1-2-4-6-5-3-1;;;;/h1-8H3;4*1-5H;;;;. The molecule has 4 rings (SSSR count). The van der Waals surface area contributed by atoms with Crippen LogP contribution < -0.4 is 14.3 Å². The van der Waals surface area contributed by atoms with Crippen LogP contribution in [0.4, 0.5) is 0 Å². The monoisotopic (exact) mass is 782 g/mol. The van der Waals surface area contributed by atoms with Gasteiger partial charge >= 0.3 is 178 Å². The molecule has 0 N–H and O–H groups in total. The summed E-state index contributed by atoms with van der Waals surface area (Å²) in [7, 11) is -1.54. The summed E-state index contributed by atoms with van der Waals surface area (Å²) < 4.78 is 6.24. The van der Waals surface area contributed by atoms with Crippen LogP contribution in [-0.2, 0) is 0 Å². The van der Waals surface area contributed by atoms with E-state index in [1.165, 1.54) is 0 Å². The first kappa shape index (κ1) is 33.6. The Bertz CT molecular complexity index is 981. The average Bonchev–Trinajstić information content (AvgIpc) is 2.91. The van der Waals surface area contributed by atoms with Gasteiger partial charge in [-0.3, -0.25) is 0 Å². The van der Waals surface area contributed by atoms with Gasteiger partial charge in [-0.25, -0.2) is 0 Å². The van der Waals surface area contributed by atoms with Crippen LogP contribution in [0.2, 0.25) is 52.4 Å². The van der Waals surface area contributed by atoms with E-state index in [-0.39, 0.29) is 16.6 Å². The van der Waals surface area contributed by atoms with Crippen molar-refractivity contribution in [2.75, 3.05) is 0 Å². The van der Waals surface area contributed by atoms with E-state index in [1.807, 2.05) is 0 Å². The third-order valence-corrected chi connectivity index (χ3v) is 71.1. The van der Waals surface area contributed by atoms with Crippen molar-refractivity contribution in [1.29, 1.82) is 0 Å². The van der Waals surface area contributed by atoms with Crippen LogP contribution in [0.3, 0.4) is 0 Å². The first-order chi connectivity index (χ1) is 18.0. The summed E-state index contributed by atoms with van der Waals surface area (Å²) in [5, 5.41) is 0. The maximum atomic E-state index is 2.66. The van der Waals surface area contributed by atoms with Crippen LogP contribution in [0.5, 0.6) is 0 Å². The first-order valence-electron chi connectivity index (χ1n) is 13.5. The van der Waals surface area contributed by atoms with Gasteiger partial charge in [-0.15, -0.1) is 0 Å². The second-order valence-corrected chi connectivity index (χ2v) is 54.9. The minimum atomic E-state index is -0.785. The summed E-state index contributed by atoms with van der Waals surface area (Å²) in [6, 6.07) is 43.3. The Kier molecular flexibility index (Phi) is 15.2. The van der Waals surface area contributed by atoms with E-state index in [0.29, 0.717) is 0 Å². The number of hydrogen-bond acceptors (Lipinski definition) is 0. The maximum absolute atomic E-state index is 2.66. The van der Waals surface area contributed by atoms with Crippen LogP contribution in [0.25, 0.3) is 0 Å². The van der Waals surface area contributed by atoms with Gasteiger partial charge in [0.2, 0.25) is 0 Å². The van der Waals surface area contributed by atoms with Crippen molar-refractivity contribution >= 4 is 87.4 Å². The van der Waals surface area contributed by atoms with Crippen molar-refractivity contribution in [2.45, 2.75) is 52.4 Å². The zero-order valence-electron chi connectivity index (χ0n) is 24.7. The predicted octanol–water partition coefficient (Wildman–Crippen LogP) is 5.30. The number of benzene rings is 4. The summed E-state index contributed by atoms with van der Waals surface area (Å²) in [4.78, 5) is 0. The summed E-state index contributed by atoms with van der Waals surface area (Å²) in [6.07, 6.45) is 0. The van der Waals surface area contributed by atoms with Crippen molar-refractivity contribution in [3.05, 3.63) is 121 Å². The third kappa shape index (κ3) is 11.4. The zero-order chi connectivity index (χ0) is 28.0. The van der Waals surface area contributed by atoms with Gasteiger partial charge in [0, 0.05) is 30.8 Å². The fourth-order valence-corrected chi connectivity index (χ4v) is 56.8. The van der Waals surface area contributed by atoms with Gasteiger partial charge in [0.05, 0.1) is 0 Å². The Balaban J connectivity index is 0.000000201. The van der Waals surface area contributed by atoms with Crippen molar-refractivity contribution in [2.24, 2.45) is 0 Å². The van der Waals surface area contributed by atoms with Crippen molar-refractivity contribution in [3.8, 4) is 0 Å². The quantitative estimate of drug-likeness (QED) is 0.224. The van der Waals surface area contributed by atoms with E-state index in [0.717, 1.165) is 0 Å². The Morgan fingerprint density at radius 3 is 0.711 bits per heavy atom. The van der Waals surface area contributed by atoms with Gasteiger partial charge in [0.15, 0.2) is 0 Å². The topological polar surface area (TPSA) is 0 Å². The normalized spacial score (nSPS) is 11.3. The van der Waals surface area contributed by atoms with Gasteiger partial charge in [-0.05, 0) is 0 Å². The molecule has 6 heteroatoms. The molecule has 0 aliphatic rings. The molecule has 38 heavy (non-hydrogen) atoms. The van der Waals surface area contributed by atoms with Gasteiger partial charge in [-0.1, -0.05) is 52.4 Å².